The van der Waals surface area contributed by atoms with Gasteiger partial charge in [-0.25, -0.2) is 8.42 Å². The Labute approximate surface area is 149 Å². The number of anilines is 1. The van der Waals surface area contributed by atoms with Gasteiger partial charge < -0.3 is 0 Å². The van der Waals surface area contributed by atoms with Crippen molar-refractivity contribution >= 4 is 26.5 Å². The van der Waals surface area contributed by atoms with Crippen LogP contribution in [0.4, 0.5) is 5.69 Å². The molecule has 0 atom stereocenters. The van der Waals surface area contributed by atoms with Crippen LogP contribution in [0.5, 0.6) is 0 Å². The number of hydrogen-bond acceptors (Lipinski definition) is 2. The molecule has 0 saturated heterocycles. The van der Waals surface area contributed by atoms with E-state index in [-0.39, 0.29) is 0 Å². The molecule has 0 bridgehead atoms. The van der Waals surface area contributed by atoms with E-state index in [1.165, 1.54) is 0 Å². The second-order valence-corrected chi connectivity index (χ2v) is 8.21. The molecule has 0 amide bonds. The van der Waals surface area contributed by atoms with Crippen molar-refractivity contribution in [2.24, 2.45) is 0 Å². The number of hydrogen-bond donors (Lipinski definition) is 1. The lowest BCUT2D eigenvalue weighted by molar-refractivity contribution is 0.599. The van der Waals surface area contributed by atoms with Crippen LogP contribution in [0.2, 0.25) is 0 Å². The number of rotatable bonds is 3. The van der Waals surface area contributed by atoms with Crippen molar-refractivity contribution in [3.05, 3.63) is 70.3 Å². The Balaban J connectivity index is 2.19. The summed E-state index contributed by atoms with van der Waals surface area (Å²) in [5.74, 6) is 0. The van der Waals surface area contributed by atoms with Crippen molar-refractivity contribution in [1.82, 2.24) is 0 Å². The zero-order valence-corrected chi connectivity index (χ0v) is 16.1. The van der Waals surface area contributed by atoms with E-state index in [0.717, 1.165) is 38.6 Å². The summed E-state index contributed by atoms with van der Waals surface area (Å²) in [6.07, 6.45) is 0. The molecule has 130 valence electrons. The Kier molecular flexibility index (Phi) is 4.33. The smallest absolute Gasteiger partial charge is 0.262 e. The Morgan fingerprint density at radius 2 is 1.20 bits per heavy atom. The molecule has 0 aliphatic heterocycles. The molecule has 0 spiro atoms. The molecule has 0 fully saturated rings. The quantitative estimate of drug-likeness (QED) is 0.705. The molecule has 0 aliphatic carbocycles. The van der Waals surface area contributed by atoms with E-state index < -0.39 is 10.0 Å². The highest BCUT2D eigenvalue weighted by molar-refractivity contribution is 7.92. The van der Waals surface area contributed by atoms with E-state index in [0.29, 0.717) is 10.6 Å². The molecule has 4 heteroatoms. The minimum atomic E-state index is -3.68. The van der Waals surface area contributed by atoms with E-state index in [2.05, 4.69) is 4.72 Å². The Bertz CT molecular complexity index is 1050. The highest BCUT2D eigenvalue weighted by atomic mass is 32.2. The van der Waals surface area contributed by atoms with Crippen LogP contribution in [0.25, 0.3) is 10.8 Å². The predicted molar refractivity (Wildman–Crippen MR) is 105 cm³/mol. The predicted octanol–water partition coefficient (Wildman–Crippen LogP) is 5.18. The average Bonchev–Trinajstić information content (AvgIpc) is 2.58. The van der Waals surface area contributed by atoms with Gasteiger partial charge in [-0.3, -0.25) is 4.72 Å². The van der Waals surface area contributed by atoms with Gasteiger partial charge in [-0.05, 0) is 73.9 Å². The summed E-state index contributed by atoms with van der Waals surface area (Å²) in [5, 5.41) is 1.90. The van der Waals surface area contributed by atoms with Crippen LogP contribution in [0.1, 0.15) is 27.8 Å². The zero-order chi connectivity index (χ0) is 18.4. The van der Waals surface area contributed by atoms with Gasteiger partial charge in [0, 0.05) is 5.39 Å². The van der Waals surface area contributed by atoms with Crippen LogP contribution in [0.3, 0.4) is 0 Å². The molecule has 0 radical (unpaired) electrons. The fourth-order valence-electron chi connectivity index (χ4n) is 3.38. The molecule has 3 aromatic rings. The normalized spacial score (nSPS) is 11.7. The van der Waals surface area contributed by atoms with Gasteiger partial charge in [0.1, 0.15) is 0 Å². The monoisotopic (exact) mass is 353 g/mol. The van der Waals surface area contributed by atoms with Crippen LogP contribution in [-0.2, 0) is 10.0 Å². The van der Waals surface area contributed by atoms with Gasteiger partial charge in [0.2, 0.25) is 0 Å². The maximum Gasteiger partial charge on any atom is 0.262 e. The summed E-state index contributed by atoms with van der Waals surface area (Å²) >= 11 is 0. The summed E-state index contributed by atoms with van der Waals surface area (Å²) in [4.78, 5) is 0.390. The first-order valence-electron chi connectivity index (χ1n) is 8.31. The molecule has 1 N–H and O–H groups in total. The molecule has 25 heavy (non-hydrogen) atoms. The van der Waals surface area contributed by atoms with Crippen LogP contribution in [-0.4, -0.2) is 8.42 Å². The Morgan fingerprint density at radius 3 is 1.84 bits per heavy atom. The number of nitrogens with one attached hydrogen (secondary N) is 1. The van der Waals surface area contributed by atoms with E-state index >= 15 is 0 Å². The van der Waals surface area contributed by atoms with Gasteiger partial charge in [-0.15, -0.1) is 0 Å². The van der Waals surface area contributed by atoms with Crippen LogP contribution in [0, 0.1) is 34.6 Å². The molecule has 3 nitrogen and oxygen atoms in total. The Morgan fingerprint density at radius 1 is 0.680 bits per heavy atom. The molecule has 3 aromatic carbocycles. The van der Waals surface area contributed by atoms with Gasteiger partial charge in [0.15, 0.2) is 0 Å². The molecule has 0 heterocycles. The largest absolute Gasteiger partial charge is 0.279 e. The summed E-state index contributed by atoms with van der Waals surface area (Å²) < 4.78 is 29.2. The summed E-state index contributed by atoms with van der Waals surface area (Å²) in [6.45, 7) is 9.76. The summed E-state index contributed by atoms with van der Waals surface area (Å²) in [5.41, 5.74) is 5.44. The third-order valence-corrected chi connectivity index (χ3v) is 6.87. The van der Waals surface area contributed by atoms with Crippen molar-refractivity contribution in [3.63, 3.8) is 0 Å². The second kappa shape index (κ2) is 6.19. The van der Waals surface area contributed by atoms with Gasteiger partial charge in [-0.1, -0.05) is 36.4 Å². The van der Waals surface area contributed by atoms with Gasteiger partial charge in [0.05, 0.1) is 10.6 Å². The minimum Gasteiger partial charge on any atom is -0.279 e. The second-order valence-electron chi connectivity index (χ2n) is 6.59. The van der Waals surface area contributed by atoms with Crippen molar-refractivity contribution in [2.75, 3.05) is 4.72 Å². The van der Waals surface area contributed by atoms with Crippen LogP contribution in [0.15, 0.2) is 47.4 Å². The number of benzene rings is 3. The first-order chi connectivity index (χ1) is 11.7. The first kappa shape index (κ1) is 17.5. The topological polar surface area (TPSA) is 46.2 Å². The molecular weight excluding hydrogens is 330 g/mol. The van der Waals surface area contributed by atoms with Crippen molar-refractivity contribution in [3.8, 4) is 0 Å². The average molecular weight is 353 g/mol. The number of sulfonamides is 1. The van der Waals surface area contributed by atoms with Crippen molar-refractivity contribution < 1.29 is 8.42 Å². The van der Waals surface area contributed by atoms with Gasteiger partial charge in [0.25, 0.3) is 10.0 Å². The van der Waals surface area contributed by atoms with E-state index in [4.69, 9.17) is 0 Å². The standard InChI is InChI=1S/C21H23NO2S/c1-13-14(2)16(4)21(17(5)15(13)3)25(23,24)22-20-12-8-10-18-9-6-7-11-19(18)20/h6-12,22H,1-5H3. The van der Waals surface area contributed by atoms with Crippen molar-refractivity contribution in [2.45, 2.75) is 39.5 Å². The fourth-order valence-corrected chi connectivity index (χ4v) is 5.06. The lowest BCUT2D eigenvalue weighted by Crippen LogP contribution is -2.17. The summed E-state index contributed by atoms with van der Waals surface area (Å²) in [6, 6.07) is 13.4. The highest BCUT2D eigenvalue weighted by Gasteiger charge is 2.24. The first-order valence-corrected chi connectivity index (χ1v) is 9.80. The highest BCUT2D eigenvalue weighted by Crippen LogP contribution is 2.32. The SMILES string of the molecule is Cc1c(C)c(C)c(S(=O)(=O)Nc2cccc3ccccc23)c(C)c1C. The molecule has 0 aromatic heterocycles. The lowest BCUT2D eigenvalue weighted by Gasteiger charge is -2.20. The van der Waals surface area contributed by atoms with E-state index in [1.807, 2.05) is 71.0 Å². The fraction of sp³-hybridized carbons (Fsp3) is 0.238. The maximum atomic E-state index is 13.2. The zero-order valence-electron chi connectivity index (χ0n) is 15.3. The third kappa shape index (κ3) is 2.91. The molecule has 0 saturated carbocycles. The minimum absolute atomic E-state index is 0.390. The van der Waals surface area contributed by atoms with Gasteiger partial charge >= 0.3 is 0 Å². The molecule has 3 rings (SSSR count). The molecular formula is C21H23NO2S. The Hall–Kier alpha value is -2.33. The third-order valence-electron chi connectivity index (χ3n) is 5.23. The van der Waals surface area contributed by atoms with E-state index in [9.17, 15) is 8.42 Å². The maximum absolute atomic E-state index is 13.2. The number of fused-ring (bicyclic) bond motifs is 1. The molecule has 0 unspecified atom stereocenters. The summed E-state index contributed by atoms with van der Waals surface area (Å²) in [7, 11) is -3.68. The van der Waals surface area contributed by atoms with Gasteiger partial charge in [-0.2, -0.15) is 0 Å². The van der Waals surface area contributed by atoms with Crippen LogP contribution >= 0.6 is 0 Å². The molecule has 0 aliphatic rings. The lowest BCUT2D eigenvalue weighted by atomic mass is 9.95. The van der Waals surface area contributed by atoms with Crippen molar-refractivity contribution in [1.29, 1.82) is 0 Å². The van der Waals surface area contributed by atoms with Crippen LogP contribution < -0.4 is 4.72 Å². The van der Waals surface area contributed by atoms with E-state index in [1.54, 1.807) is 6.07 Å².